The van der Waals surface area contributed by atoms with E-state index in [-0.39, 0.29) is 37.5 Å². The van der Waals surface area contributed by atoms with Crippen molar-refractivity contribution in [1.82, 2.24) is 19.9 Å². The Morgan fingerprint density at radius 2 is 1.93 bits per heavy atom. The number of halogens is 2. The average molecular weight is 419 g/mol. The summed E-state index contributed by atoms with van der Waals surface area (Å²) in [5.41, 5.74) is 7.89. The number of morpholine rings is 1. The number of nitrogen functional groups attached to an aromatic ring is 1. The Balaban J connectivity index is 1.58. The number of aromatic nitrogens is 4. The molecule has 2 aromatic heterocycles. The first kappa shape index (κ1) is 19.3. The van der Waals surface area contributed by atoms with Crippen LogP contribution in [-0.2, 0) is 11.2 Å². The summed E-state index contributed by atoms with van der Waals surface area (Å²) in [6, 6.07) is -0.506. The van der Waals surface area contributed by atoms with Crippen LogP contribution in [0.4, 0.5) is 26.5 Å². The molecule has 1 saturated heterocycles. The predicted octanol–water partition coefficient (Wildman–Crippen LogP) is 0.873. The molecular weight excluding hydrogens is 396 g/mol. The zero-order valence-corrected chi connectivity index (χ0v) is 16.3. The predicted molar refractivity (Wildman–Crippen MR) is 106 cm³/mol. The second kappa shape index (κ2) is 7.24. The molecule has 0 amide bonds. The molecule has 0 spiro atoms. The van der Waals surface area contributed by atoms with Crippen LogP contribution in [-0.4, -0.2) is 76.0 Å². The molecule has 160 valence electrons. The van der Waals surface area contributed by atoms with Crippen LogP contribution in [0.2, 0.25) is 0 Å². The second-order valence-corrected chi connectivity index (χ2v) is 7.97. The first-order valence-electron chi connectivity index (χ1n) is 10.0. The minimum atomic E-state index is -2.61. The largest absolute Gasteiger partial charge is 0.394 e. The van der Waals surface area contributed by atoms with Gasteiger partial charge in [-0.3, -0.25) is 0 Å². The summed E-state index contributed by atoms with van der Waals surface area (Å²) < 4.78 is 32.5. The molecule has 11 heteroatoms. The molecule has 2 aromatic rings. The maximum Gasteiger partial charge on any atom is 0.252 e. The van der Waals surface area contributed by atoms with E-state index in [1.165, 1.54) is 0 Å². The van der Waals surface area contributed by atoms with E-state index in [4.69, 9.17) is 20.4 Å². The SMILES string of the molecule is Nc1ncc(-c2nc(N3CCOC[C@@H]3CO)nc3c2CCN3C2CC(F)(F)C2)cn1. The number of ether oxygens (including phenoxy) is 1. The van der Waals surface area contributed by atoms with Gasteiger partial charge >= 0.3 is 0 Å². The van der Waals surface area contributed by atoms with Crippen molar-refractivity contribution < 1.29 is 18.6 Å². The Morgan fingerprint density at radius 3 is 2.63 bits per heavy atom. The van der Waals surface area contributed by atoms with Crippen molar-refractivity contribution in [3.63, 3.8) is 0 Å². The fourth-order valence-corrected chi connectivity index (χ4v) is 4.37. The van der Waals surface area contributed by atoms with Crippen LogP contribution in [0, 0.1) is 0 Å². The molecule has 1 saturated carbocycles. The van der Waals surface area contributed by atoms with Gasteiger partial charge in [-0.05, 0) is 6.42 Å². The molecule has 1 atom stereocenters. The van der Waals surface area contributed by atoms with Crippen molar-refractivity contribution in [1.29, 1.82) is 0 Å². The molecule has 0 bridgehead atoms. The lowest BCUT2D eigenvalue weighted by Crippen LogP contribution is -2.51. The smallest absolute Gasteiger partial charge is 0.252 e. The highest BCUT2D eigenvalue weighted by molar-refractivity contribution is 5.72. The zero-order valence-electron chi connectivity index (χ0n) is 16.3. The van der Waals surface area contributed by atoms with Crippen LogP contribution in [0.5, 0.6) is 0 Å². The molecule has 0 aromatic carbocycles. The standard InChI is InChI=1S/C19H23F2N7O2/c20-19(21)5-12(6-19)27-2-1-14-15(11-7-23-17(22)24-8-11)25-18(26-16(14)27)28-3-4-30-10-13(28)9-29/h7-8,12-13,29H,1-6,9-10H2,(H2,22,23,24)/t13-/m0/s1. The van der Waals surface area contributed by atoms with E-state index in [0.29, 0.717) is 55.7 Å². The van der Waals surface area contributed by atoms with Crippen molar-refractivity contribution in [3.8, 4) is 11.3 Å². The molecule has 3 N–H and O–H groups in total. The van der Waals surface area contributed by atoms with Crippen LogP contribution >= 0.6 is 0 Å². The van der Waals surface area contributed by atoms with Crippen LogP contribution in [0.15, 0.2) is 12.4 Å². The summed E-state index contributed by atoms with van der Waals surface area (Å²) >= 11 is 0. The van der Waals surface area contributed by atoms with Crippen LogP contribution in [0.3, 0.4) is 0 Å². The Bertz CT molecular complexity index is 935. The number of aliphatic hydroxyl groups is 1. The molecule has 0 unspecified atom stereocenters. The van der Waals surface area contributed by atoms with Crippen molar-refractivity contribution in [2.75, 3.05) is 48.4 Å². The number of aliphatic hydroxyl groups excluding tert-OH is 1. The second-order valence-electron chi connectivity index (χ2n) is 7.97. The van der Waals surface area contributed by atoms with Gasteiger partial charge in [0.25, 0.3) is 5.92 Å². The van der Waals surface area contributed by atoms with Gasteiger partial charge in [0.1, 0.15) is 5.82 Å². The van der Waals surface area contributed by atoms with Crippen LogP contribution in [0.25, 0.3) is 11.3 Å². The van der Waals surface area contributed by atoms with Gasteiger partial charge in [-0.25, -0.2) is 23.7 Å². The molecule has 1 aliphatic carbocycles. The lowest BCUT2D eigenvalue weighted by atomic mass is 9.87. The van der Waals surface area contributed by atoms with E-state index in [1.54, 1.807) is 12.4 Å². The Kier molecular flexibility index (Phi) is 4.66. The molecule has 2 aliphatic heterocycles. The lowest BCUT2D eigenvalue weighted by molar-refractivity contribution is -0.0855. The van der Waals surface area contributed by atoms with Crippen molar-refractivity contribution in [2.24, 2.45) is 0 Å². The van der Waals surface area contributed by atoms with E-state index in [0.717, 1.165) is 5.56 Å². The summed E-state index contributed by atoms with van der Waals surface area (Å²) in [7, 11) is 0. The summed E-state index contributed by atoms with van der Waals surface area (Å²) in [6.45, 7) is 1.91. The molecule has 2 fully saturated rings. The fourth-order valence-electron chi connectivity index (χ4n) is 4.37. The fraction of sp³-hybridized carbons (Fsp3) is 0.579. The van der Waals surface area contributed by atoms with E-state index in [1.807, 2.05) is 9.80 Å². The number of nitrogens with zero attached hydrogens (tertiary/aromatic N) is 6. The molecule has 0 radical (unpaired) electrons. The summed E-state index contributed by atoms with van der Waals surface area (Å²) in [4.78, 5) is 21.6. The van der Waals surface area contributed by atoms with Gasteiger partial charge in [-0.15, -0.1) is 0 Å². The number of rotatable bonds is 4. The Labute approximate surface area is 171 Å². The number of fused-ring (bicyclic) bond motifs is 1. The molecule has 3 aliphatic rings. The number of hydrogen-bond donors (Lipinski definition) is 2. The summed E-state index contributed by atoms with van der Waals surface area (Å²) in [5, 5.41) is 9.77. The normalized spacial score (nSPS) is 23.4. The Morgan fingerprint density at radius 1 is 1.17 bits per heavy atom. The zero-order chi connectivity index (χ0) is 20.9. The van der Waals surface area contributed by atoms with Crippen LogP contribution in [0.1, 0.15) is 18.4 Å². The highest BCUT2D eigenvalue weighted by Gasteiger charge is 2.49. The van der Waals surface area contributed by atoms with Gasteiger partial charge in [0, 0.05) is 55.5 Å². The number of anilines is 3. The number of hydrogen-bond acceptors (Lipinski definition) is 9. The third-order valence-corrected chi connectivity index (χ3v) is 6.00. The monoisotopic (exact) mass is 419 g/mol. The van der Waals surface area contributed by atoms with Gasteiger partial charge in [0.15, 0.2) is 0 Å². The van der Waals surface area contributed by atoms with E-state index >= 15 is 0 Å². The molecule has 9 nitrogen and oxygen atoms in total. The molecule has 4 heterocycles. The quantitative estimate of drug-likeness (QED) is 0.745. The first-order valence-corrected chi connectivity index (χ1v) is 10.0. The van der Waals surface area contributed by atoms with Crippen molar-refractivity contribution in [2.45, 2.75) is 37.3 Å². The van der Waals surface area contributed by atoms with E-state index < -0.39 is 5.92 Å². The van der Waals surface area contributed by atoms with Crippen molar-refractivity contribution >= 4 is 17.7 Å². The number of alkyl halides is 2. The van der Waals surface area contributed by atoms with Crippen LogP contribution < -0.4 is 15.5 Å². The summed E-state index contributed by atoms with van der Waals surface area (Å²) in [6.07, 6.45) is 3.55. The molecular formula is C19H23F2N7O2. The maximum atomic E-state index is 13.5. The van der Waals surface area contributed by atoms with Crippen molar-refractivity contribution in [3.05, 3.63) is 18.0 Å². The molecule has 30 heavy (non-hydrogen) atoms. The lowest BCUT2D eigenvalue weighted by Gasteiger charge is -2.42. The van der Waals surface area contributed by atoms with E-state index in [9.17, 15) is 13.9 Å². The minimum absolute atomic E-state index is 0.0979. The highest BCUT2D eigenvalue weighted by Crippen LogP contribution is 2.45. The van der Waals surface area contributed by atoms with Gasteiger partial charge < -0.3 is 25.4 Å². The third-order valence-electron chi connectivity index (χ3n) is 6.00. The van der Waals surface area contributed by atoms with Gasteiger partial charge in [0.2, 0.25) is 11.9 Å². The maximum absolute atomic E-state index is 13.5. The molecule has 5 rings (SSSR count). The first-order chi connectivity index (χ1) is 14.4. The Hall–Kier alpha value is -2.66. The van der Waals surface area contributed by atoms with E-state index in [2.05, 4.69) is 9.97 Å². The summed E-state index contributed by atoms with van der Waals surface area (Å²) in [5.74, 6) is -1.32. The van der Waals surface area contributed by atoms with Gasteiger partial charge in [-0.1, -0.05) is 0 Å². The van der Waals surface area contributed by atoms with Gasteiger partial charge in [-0.2, -0.15) is 4.98 Å². The third kappa shape index (κ3) is 3.31. The van der Waals surface area contributed by atoms with Gasteiger partial charge in [0.05, 0.1) is 31.6 Å². The highest BCUT2D eigenvalue weighted by atomic mass is 19.3. The minimum Gasteiger partial charge on any atom is -0.394 e. The average Bonchev–Trinajstić information content (AvgIpc) is 3.15. The topological polar surface area (TPSA) is 114 Å². The number of nitrogens with two attached hydrogens (primary N) is 1.